The number of H-pyrrole nitrogens is 1. The highest BCUT2D eigenvalue weighted by molar-refractivity contribution is 5.82. The number of aromatic amines is 1. The lowest BCUT2D eigenvalue weighted by atomic mass is 10.1. The number of anilines is 1. The van der Waals surface area contributed by atoms with E-state index < -0.39 is 0 Å². The molecule has 0 saturated carbocycles. The number of nitrogens with zero attached hydrogens (tertiary/aromatic N) is 2. The standard InChI is InChI=1S/C16H18N4O2/c1-20-15-8-11(3-4-14(15)19-16(20)21)12-7-13(10-17-9-12)18-5-6-22-2/h3-4,7-10,18H,5-6H2,1-2H3,(H,19,21). The highest BCUT2D eigenvalue weighted by Crippen LogP contribution is 2.24. The van der Waals surface area contributed by atoms with Crippen molar-refractivity contribution in [1.29, 1.82) is 0 Å². The molecule has 3 rings (SSSR count). The second-order valence-corrected chi connectivity index (χ2v) is 5.10. The predicted octanol–water partition coefficient (Wildman–Crippen LogP) is 1.99. The number of rotatable bonds is 5. The number of methoxy groups -OCH3 is 1. The SMILES string of the molecule is COCCNc1cncc(-c2ccc3[nH]c(=O)n(C)c3c2)c1. The van der Waals surface area contributed by atoms with E-state index in [-0.39, 0.29) is 5.69 Å². The average molecular weight is 298 g/mol. The second kappa shape index (κ2) is 6.03. The molecule has 0 saturated heterocycles. The van der Waals surface area contributed by atoms with Crippen LogP contribution >= 0.6 is 0 Å². The monoisotopic (exact) mass is 298 g/mol. The van der Waals surface area contributed by atoms with Crippen molar-refractivity contribution < 1.29 is 4.74 Å². The minimum atomic E-state index is -0.111. The van der Waals surface area contributed by atoms with Crippen molar-refractivity contribution in [2.75, 3.05) is 25.6 Å². The second-order valence-electron chi connectivity index (χ2n) is 5.10. The molecule has 6 heteroatoms. The molecule has 6 nitrogen and oxygen atoms in total. The van der Waals surface area contributed by atoms with E-state index in [4.69, 9.17) is 4.74 Å². The molecule has 3 aromatic rings. The van der Waals surface area contributed by atoms with Crippen molar-refractivity contribution in [3.8, 4) is 11.1 Å². The summed E-state index contributed by atoms with van der Waals surface area (Å²) in [5.74, 6) is 0. The molecule has 0 amide bonds. The van der Waals surface area contributed by atoms with Gasteiger partial charge < -0.3 is 15.0 Å². The lowest BCUT2D eigenvalue weighted by Crippen LogP contribution is -2.11. The van der Waals surface area contributed by atoms with Gasteiger partial charge in [0.2, 0.25) is 0 Å². The Morgan fingerprint density at radius 2 is 2.14 bits per heavy atom. The van der Waals surface area contributed by atoms with Crippen molar-refractivity contribution in [3.63, 3.8) is 0 Å². The number of hydrogen-bond donors (Lipinski definition) is 2. The number of fused-ring (bicyclic) bond motifs is 1. The van der Waals surface area contributed by atoms with Crippen LogP contribution in [0.2, 0.25) is 0 Å². The van der Waals surface area contributed by atoms with Gasteiger partial charge >= 0.3 is 5.69 Å². The number of pyridine rings is 1. The van der Waals surface area contributed by atoms with Gasteiger partial charge in [-0.3, -0.25) is 9.55 Å². The summed E-state index contributed by atoms with van der Waals surface area (Å²) >= 11 is 0. The molecule has 2 heterocycles. The smallest absolute Gasteiger partial charge is 0.326 e. The van der Waals surface area contributed by atoms with Crippen LogP contribution in [0.15, 0.2) is 41.5 Å². The number of hydrogen-bond acceptors (Lipinski definition) is 4. The van der Waals surface area contributed by atoms with Crippen molar-refractivity contribution in [1.82, 2.24) is 14.5 Å². The summed E-state index contributed by atoms with van der Waals surface area (Å²) in [5.41, 5.74) is 4.56. The third-order valence-electron chi connectivity index (χ3n) is 3.61. The van der Waals surface area contributed by atoms with Gasteiger partial charge in [-0.05, 0) is 23.8 Å². The van der Waals surface area contributed by atoms with E-state index in [0.717, 1.165) is 34.4 Å². The van der Waals surface area contributed by atoms with Gasteiger partial charge in [-0.2, -0.15) is 0 Å². The average Bonchev–Trinajstić information content (AvgIpc) is 2.82. The molecule has 0 aliphatic rings. The third kappa shape index (κ3) is 2.73. The first-order valence-electron chi connectivity index (χ1n) is 7.06. The number of imidazole rings is 1. The zero-order valence-corrected chi connectivity index (χ0v) is 12.6. The molecule has 0 bridgehead atoms. The molecule has 1 aromatic carbocycles. The zero-order chi connectivity index (χ0) is 15.5. The lowest BCUT2D eigenvalue weighted by molar-refractivity contribution is 0.211. The number of aryl methyl sites for hydroxylation is 1. The Labute approximate surface area is 127 Å². The minimum absolute atomic E-state index is 0.111. The Morgan fingerprint density at radius 3 is 2.95 bits per heavy atom. The van der Waals surface area contributed by atoms with Crippen molar-refractivity contribution in [3.05, 3.63) is 47.1 Å². The van der Waals surface area contributed by atoms with Crippen LogP contribution in [-0.2, 0) is 11.8 Å². The Balaban J connectivity index is 1.95. The van der Waals surface area contributed by atoms with E-state index in [1.165, 1.54) is 0 Å². The van der Waals surface area contributed by atoms with Crippen LogP contribution < -0.4 is 11.0 Å². The Hall–Kier alpha value is -2.60. The van der Waals surface area contributed by atoms with Gasteiger partial charge in [0.15, 0.2) is 0 Å². The largest absolute Gasteiger partial charge is 0.383 e. The molecule has 0 unspecified atom stereocenters. The number of nitrogens with one attached hydrogen (secondary N) is 2. The van der Waals surface area contributed by atoms with Crippen molar-refractivity contribution in [2.45, 2.75) is 0 Å². The van der Waals surface area contributed by atoms with Gasteiger partial charge in [0.1, 0.15) is 0 Å². The Morgan fingerprint density at radius 1 is 1.27 bits per heavy atom. The van der Waals surface area contributed by atoms with Crippen molar-refractivity contribution >= 4 is 16.7 Å². The number of aromatic nitrogens is 3. The van der Waals surface area contributed by atoms with E-state index in [2.05, 4.69) is 15.3 Å². The summed E-state index contributed by atoms with van der Waals surface area (Å²) in [4.78, 5) is 18.7. The van der Waals surface area contributed by atoms with Gasteiger partial charge in [0, 0.05) is 38.7 Å². The third-order valence-corrected chi connectivity index (χ3v) is 3.61. The summed E-state index contributed by atoms with van der Waals surface area (Å²) in [7, 11) is 3.43. The van der Waals surface area contributed by atoms with Crippen LogP contribution in [0.4, 0.5) is 5.69 Å². The highest BCUT2D eigenvalue weighted by atomic mass is 16.5. The fourth-order valence-corrected chi connectivity index (χ4v) is 2.39. The number of benzene rings is 1. The summed E-state index contributed by atoms with van der Waals surface area (Å²) in [6.45, 7) is 1.37. The van der Waals surface area contributed by atoms with Crippen LogP contribution in [0, 0.1) is 0 Å². The quantitative estimate of drug-likeness (QED) is 0.707. The maximum atomic E-state index is 11.7. The molecule has 114 valence electrons. The van der Waals surface area contributed by atoms with Crippen molar-refractivity contribution in [2.24, 2.45) is 7.05 Å². The predicted molar refractivity (Wildman–Crippen MR) is 87.1 cm³/mol. The van der Waals surface area contributed by atoms with Crippen LogP contribution in [0.25, 0.3) is 22.2 Å². The molecular formula is C16H18N4O2. The van der Waals surface area contributed by atoms with Gasteiger partial charge in [0.05, 0.1) is 23.3 Å². The fourth-order valence-electron chi connectivity index (χ4n) is 2.39. The summed E-state index contributed by atoms with van der Waals surface area (Å²) in [6, 6.07) is 7.92. The maximum Gasteiger partial charge on any atom is 0.326 e. The maximum absolute atomic E-state index is 11.7. The molecule has 2 aromatic heterocycles. The molecule has 22 heavy (non-hydrogen) atoms. The molecular weight excluding hydrogens is 280 g/mol. The lowest BCUT2D eigenvalue weighted by Gasteiger charge is -2.08. The van der Waals surface area contributed by atoms with E-state index in [1.807, 2.05) is 30.5 Å². The normalized spacial score (nSPS) is 11.0. The van der Waals surface area contributed by atoms with E-state index >= 15 is 0 Å². The van der Waals surface area contributed by atoms with Gasteiger partial charge in [0.25, 0.3) is 0 Å². The van der Waals surface area contributed by atoms with Gasteiger partial charge in [-0.15, -0.1) is 0 Å². The Bertz CT molecular complexity index is 851. The zero-order valence-electron chi connectivity index (χ0n) is 12.6. The fraction of sp³-hybridized carbons (Fsp3) is 0.250. The van der Waals surface area contributed by atoms with E-state index in [1.54, 1.807) is 24.9 Å². The molecule has 0 atom stereocenters. The van der Waals surface area contributed by atoms with Crippen LogP contribution in [0.5, 0.6) is 0 Å². The van der Waals surface area contributed by atoms with E-state index in [0.29, 0.717) is 6.61 Å². The minimum Gasteiger partial charge on any atom is -0.383 e. The highest BCUT2D eigenvalue weighted by Gasteiger charge is 2.06. The summed E-state index contributed by atoms with van der Waals surface area (Å²) < 4.78 is 6.63. The first kappa shape index (κ1) is 14.3. The molecule has 0 radical (unpaired) electrons. The Kier molecular flexibility index (Phi) is 3.93. The molecule has 2 N–H and O–H groups in total. The first-order valence-corrected chi connectivity index (χ1v) is 7.06. The molecule has 0 aliphatic carbocycles. The van der Waals surface area contributed by atoms with Gasteiger partial charge in [-0.1, -0.05) is 6.07 Å². The summed E-state index contributed by atoms with van der Waals surface area (Å²) in [5, 5.41) is 3.26. The molecule has 0 fully saturated rings. The van der Waals surface area contributed by atoms with Gasteiger partial charge in [-0.25, -0.2) is 4.79 Å². The first-order chi connectivity index (χ1) is 10.7. The van der Waals surface area contributed by atoms with Crippen LogP contribution in [-0.4, -0.2) is 34.8 Å². The molecule has 0 spiro atoms. The van der Waals surface area contributed by atoms with Crippen LogP contribution in [0.1, 0.15) is 0 Å². The van der Waals surface area contributed by atoms with E-state index in [9.17, 15) is 4.79 Å². The topological polar surface area (TPSA) is 71.9 Å². The summed E-state index contributed by atoms with van der Waals surface area (Å²) in [6.07, 6.45) is 3.59. The van der Waals surface area contributed by atoms with Crippen LogP contribution in [0.3, 0.4) is 0 Å². The number of ether oxygens (including phenoxy) is 1. The molecule has 0 aliphatic heterocycles.